The molecule has 4 heteroatoms. The van der Waals surface area contributed by atoms with Gasteiger partial charge in [0.1, 0.15) is 0 Å². The molecule has 0 aliphatic heterocycles. The molecule has 0 spiro atoms. The van der Waals surface area contributed by atoms with Gasteiger partial charge in [0.2, 0.25) is 0 Å². The summed E-state index contributed by atoms with van der Waals surface area (Å²) in [6, 6.07) is 0. The van der Waals surface area contributed by atoms with Gasteiger partial charge in [0.15, 0.2) is 5.83 Å². The lowest BCUT2D eigenvalue weighted by Crippen LogP contribution is -1.85. The predicted octanol–water partition coefficient (Wildman–Crippen LogP) is 1.74. The minimum Gasteiger partial charge on any atom is -0.257 e. The third-order valence-electron chi connectivity index (χ3n) is 0.550. The maximum absolute atomic E-state index is 11.5. The molecule has 0 amide bonds. The van der Waals surface area contributed by atoms with Gasteiger partial charge in [0, 0.05) is 13.0 Å². The van der Waals surface area contributed by atoms with Crippen molar-refractivity contribution in [1.82, 2.24) is 5.73 Å². The van der Waals surface area contributed by atoms with E-state index in [1.165, 1.54) is 0 Å². The van der Waals surface area contributed by atoms with E-state index >= 15 is 0 Å². The zero-order valence-corrected chi connectivity index (χ0v) is 4.05. The van der Waals surface area contributed by atoms with Gasteiger partial charge >= 0.3 is 6.08 Å². The predicted molar refractivity (Wildman–Crippen MR) is 22.9 cm³/mol. The molecular weight excluding hydrogens is 119 g/mol. The van der Waals surface area contributed by atoms with Crippen LogP contribution in [0.1, 0.15) is 6.42 Å². The normalized spacial score (nSPS) is 9.00. The second-order valence-electron chi connectivity index (χ2n) is 1.17. The van der Waals surface area contributed by atoms with E-state index in [2.05, 4.69) is 0 Å². The summed E-state index contributed by atoms with van der Waals surface area (Å²) in [5.74, 6) is -1.47. The molecule has 1 radical (unpaired) electrons. The number of rotatable bonds is 2. The summed E-state index contributed by atoms with van der Waals surface area (Å²) in [4.78, 5) is 0. The summed E-state index contributed by atoms with van der Waals surface area (Å²) in [5, 5.41) is 0. The molecule has 8 heavy (non-hydrogen) atoms. The quantitative estimate of drug-likeness (QED) is 0.535. The van der Waals surface area contributed by atoms with Crippen molar-refractivity contribution in [1.29, 1.82) is 0 Å². The Bertz CT molecular complexity index is 95.5. The van der Waals surface area contributed by atoms with Crippen molar-refractivity contribution in [2.45, 2.75) is 6.42 Å². The van der Waals surface area contributed by atoms with Gasteiger partial charge in [-0.25, -0.2) is 4.39 Å². The fourth-order valence-corrected chi connectivity index (χ4v) is 0.204. The summed E-state index contributed by atoms with van der Waals surface area (Å²) in [6.45, 7) is -0.330. The van der Waals surface area contributed by atoms with Gasteiger partial charge in [-0.05, 0) is 0 Å². The number of hydrogen-bond acceptors (Lipinski definition) is 0. The average Bonchev–Trinajstić information content (AvgIpc) is 1.67. The molecule has 0 aliphatic carbocycles. The van der Waals surface area contributed by atoms with Crippen LogP contribution in [0.25, 0.3) is 0 Å². The van der Waals surface area contributed by atoms with Crippen molar-refractivity contribution < 1.29 is 13.2 Å². The summed E-state index contributed by atoms with van der Waals surface area (Å²) < 4.78 is 33.6. The molecule has 0 aromatic carbocycles. The van der Waals surface area contributed by atoms with E-state index in [1.54, 1.807) is 0 Å². The van der Waals surface area contributed by atoms with Crippen molar-refractivity contribution in [3.05, 3.63) is 11.9 Å². The fourth-order valence-electron chi connectivity index (χ4n) is 0.204. The molecule has 47 valence electrons. The molecule has 0 atom stereocenters. The minimum atomic E-state index is -2.31. The Kier molecular flexibility index (Phi) is 3.26. The first-order valence-electron chi connectivity index (χ1n) is 2.02. The molecule has 0 aromatic heterocycles. The molecule has 0 unspecified atom stereocenters. The van der Waals surface area contributed by atoms with E-state index < -0.39 is 18.3 Å². The molecular formula is C4H5F3N. The van der Waals surface area contributed by atoms with Gasteiger partial charge in [0.05, 0.1) is 0 Å². The van der Waals surface area contributed by atoms with Crippen LogP contribution < -0.4 is 5.73 Å². The molecule has 1 nitrogen and oxygen atoms in total. The Morgan fingerprint density at radius 1 is 1.25 bits per heavy atom. The SMILES string of the molecule is [NH]CCC(F)=C(F)F. The maximum atomic E-state index is 11.5. The van der Waals surface area contributed by atoms with Crippen LogP contribution in [0, 0.1) is 0 Å². The van der Waals surface area contributed by atoms with Crippen LogP contribution in [0.5, 0.6) is 0 Å². The fraction of sp³-hybridized carbons (Fsp3) is 0.500. The lowest BCUT2D eigenvalue weighted by molar-refractivity contribution is 0.371. The molecule has 0 saturated heterocycles. The van der Waals surface area contributed by atoms with Gasteiger partial charge in [-0.2, -0.15) is 8.78 Å². The number of halogens is 3. The smallest absolute Gasteiger partial charge is 0.257 e. The average molecular weight is 124 g/mol. The molecule has 0 aliphatic rings. The highest BCUT2D eigenvalue weighted by molar-refractivity contribution is 4.90. The monoisotopic (exact) mass is 124 g/mol. The van der Waals surface area contributed by atoms with Crippen molar-refractivity contribution in [3.8, 4) is 0 Å². The first-order chi connectivity index (χ1) is 3.68. The highest BCUT2D eigenvalue weighted by Gasteiger charge is 2.01. The van der Waals surface area contributed by atoms with E-state index in [0.717, 1.165) is 0 Å². The molecule has 0 saturated carbocycles. The summed E-state index contributed by atoms with van der Waals surface area (Å²) in [7, 11) is 0. The second kappa shape index (κ2) is 3.49. The van der Waals surface area contributed by atoms with Gasteiger partial charge in [-0.1, -0.05) is 0 Å². The van der Waals surface area contributed by atoms with Gasteiger partial charge in [-0.15, -0.1) is 0 Å². The molecule has 0 heterocycles. The highest BCUT2D eigenvalue weighted by atomic mass is 19.3. The van der Waals surface area contributed by atoms with Crippen molar-refractivity contribution in [2.24, 2.45) is 0 Å². The van der Waals surface area contributed by atoms with Crippen LogP contribution in [0.2, 0.25) is 0 Å². The molecule has 0 bridgehead atoms. The lowest BCUT2D eigenvalue weighted by Gasteiger charge is -1.86. The van der Waals surface area contributed by atoms with Crippen molar-refractivity contribution >= 4 is 0 Å². The van der Waals surface area contributed by atoms with Crippen LogP contribution in [0.15, 0.2) is 11.9 Å². The largest absolute Gasteiger partial charge is 0.301 e. The Morgan fingerprint density at radius 3 is 1.88 bits per heavy atom. The van der Waals surface area contributed by atoms with Crippen molar-refractivity contribution in [2.75, 3.05) is 6.54 Å². The molecule has 0 aromatic rings. The van der Waals surface area contributed by atoms with Crippen LogP contribution in [-0.2, 0) is 0 Å². The van der Waals surface area contributed by atoms with Crippen LogP contribution in [-0.4, -0.2) is 6.54 Å². The van der Waals surface area contributed by atoms with E-state index in [-0.39, 0.29) is 6.54 Å². The van der Waals surface area contributed by atoms with E-state index in [4.69, 9.17) is 5.73 Å². The van der Waals surface area contributed by atoms with Crippen LogP contribution in [0.4, 0.5) is 13.2 Å². The van der Waals surface area contributed by atoms with E-state index in [9.17, 15) is 13.2 Å². The topological polar surface area (TPSA) is 23.8 Å². The Hall–Kier alpha value is -0.510. The standard InChI is InChI=1S/C4H5F3N/c5-3(1-2-8)4(6)7/h8H,1-2H2. The lowest BCUT2D eigenvalue weighted by atomic mass is 10.4. The van der Waals surface area contributed by atoms with Crippen LogP contribution in [0.3, 0.4) is 0 Å². The molecule has 0 rings (SSSR count). The van der Waals surface area contributed by atoms with Gasteiger partial charge in [0.25, 0.3) is 0 Å². The summed E-state index contributed by atoms with van der Waals surface area (Å²) in [6.07, 6.45) is -2.79. The zero-order valence-electron chi connectivity index (χ0n) is 4.05. The minimum absolute atomic E-state index is 0.330. The highest BCUT2D eigenvalue weighted by Crippen LogP contribution is 2.11. The summed E-state index contributed by atoms with van der Waals surface area (Å²) >= 11 is 0. The van der Waals surface area contributed by atoms with Crippen molar-refractivity contribution in [3.63, 3.8) is 0 Å². The van der Waals surface area contributed by atoms with Crippen LogP contribution >= 0.6 is 0 Å². The van der Waals surface area contributed by atoms with Gasteiger partial charge < -0.3 is 0 Å². The van der Waals surface area contributed by atoms with E-state index in [0.29, 0.717) is 0 Å². The number of hydrogen-bond donors (Lipinski definition) is 0. The second-order valence-corrected chi connectivity index (χ2v) is 1.17. The third-order valence-corrected chi connectivity index (χ3v) is 0.550. The maximum Gasteiger partial charge on any atom is 0.301 e. The Morgan fingerprint density at radius 2 is 1.75 bits per heavy atom. The molecule has 0 fully saturated rings. The first-order valence-corrected chi connectivity index (χ1v) is 2.02. The van der Waals surface area contributed by atoms with E-state index in [1.807, 2.05) is 0 Å². The summed E-state index contributed by atoms with van der Waals surface area (Å²) in [5.41, 5.74) is 6.32. The molecule has 1 N–H and O–H groups in total. The number of nitrogens with one attached hydrogen (secondary N) is 1. The third kappa shape index (κ3) is 2.63. The first kappa shape index (κ1) is 7.49. The Labute approximate surface area is 45.0 Å². The van der Waals surface area contributed by atoms with Gasteiger partial charge in [-0.3, -0.25) is 5.73 Å². The zero-order chi connectivity index (χ0) is 6.57. The Balaban J connectivity index is 3.62.